The maximum absolute atomic E-state index is 5.38. The largest absolute Gasteiger partial charge is 0.255 e. The SMILES string of the molecule is c1ccc(-c2c3ccccc3c(-c3ccc(-c4ccc(-c5ccccn5)nc4-c4ccc(-c5c6ccccc6c(-c6ccccc6)c6ccccc56)cc4)cc3)c3ccccc23)cc1. The van der Waals surface area contributed by atoms with E-state index in [0.29, 0.717) is 0 Å². The van der Waals surface area contributed by atoms with Crippen LogP contribution in [0.3, 0.4) is 0 Å². The third kappa shape index (κ3) is 6.35. The first-order valence-electron chi connectivity index (χ1n) is 21.9. The van der Waals surface area contributed by atoms with E-state index in [1.54, 1.807) is 0 Å². The molecule has 0 N–H and O–H groups in total. The summed E-state index contributed by atoms with van der Waals surface area (Å²) in [5, 5.41) is 9.94. The first-order chi connectivity index (χ1) is 31.8. The Labute approximate surface area is 372 Å². The Balaban J connectivity index is 0.993. The highest BCUT2D eigenvalue weighted by atomic mass is 14.8. The Bertz CT molecular complexity index is 3560. The zero-order valence-electron chi connectivity index (χ0n) is 35.0. The molecular formula is C62H40N2. The van der Waals surface area contributed by atoms with Crippen molar-refractivity contribution in [1.29, 1.82) is 0 Å². The average Bonchev–Trinajstić information content (AvgIpc) is 3.38. The maximum Gasteiger partial charge on any atom is 0.0894 e. The summed E-state index contributed by atoms with van der Waals surface area (Å²) >= 11 is 0. The molecular weight excluding hydrogens is 773 g/mol. The number of pyridine rings is 2. The van der Waals surface area contributed by atoms with Gasteiger partial charge in [0.15, 0.2) is 0 Å². The van der Waals surface area contributed by atoms with E-state index in [-0.39, 0.29) is 0 Å². The van der Waals surface area contributed by atoms with E-state index in [1.807, 2.05) is 24.4 Å². The van der Waals surface area contributed by atoms with Crippen LogP contribution in [0, 0.1) is 0 Å². The molecule has 0 fully saturated rings. The molecule has 298 valence electrons. The highest BCUT2D eigenvalue weighted by Crippen LogP contribution is 2.46. The van der Waals surface area contributed by atoms with Crippen LogP contribution in [0.15, 0.2) is 243 Å². The fourth-order valence-electron chi connectivity index (χ4n) is 9.89. The molecule has 0 spiro atoms. The van der Waals surface area contributed by atoms with Gasteiger partial charge in [-0.05, 0) is 117 Å². The molecule has 0 unspecified atom stereocenters. The zero-order chi connectivity index (χ0) is 42.4. The molecule has 2 nitrogen and oxygen atoms in total. The third-order valence-corrected chi connectivity index (χ3v) is 12.7. The summed E-state index contributed by atoms with van der Waals surface area (Å²) in [5.41, 5.74) is 15.6. The second-order valence-electron chi connectivity index (χ2n) is 16.4. The zero-order valence-corrected chi connectivity index (χ0v) is 35.0. The summed E-state index contributed by atoms with van der Waals surface area (Å²) in [6.45, 7) is 0. The minimum atomic E-state index is 0.838. The van der Waals surface area contributed by atoms with Crippen molar-refractivity contribution in [2.24, 2.45) is 0 Å². The molecule has 2 heterocycles. The predicted octanol–water partition coefficient (Wildman–Crippen LogP) is 16.8. The lowest BCUT2D eigenvalue weighted by molar-refractivity contribution is 1.25. The van der Waals surface area contributed by atoms with Gasteiger partial charge in [0.2, 0.25) is 0 Å². The van der Waals surface area contributed by atoms with Gasteiger partial charge in [-0.3, -0.25) is 4.98 Å². The Morgan fingerprint density at radius 3 is 0.922 bits per heavy atom. The summed E-state index contributed by atoms with van der Waals surface area (Å²) in [6, 6.07) is 85.2. The molecule has 2 heteroatoms. The molecule has 2 aromatic heterocycles. The Morgan fingerprint density at radius 2 is 0.547 bits per heavy atom. The lowest BCUT2D eigenvalue weighted by Crippen LogP contribution is -1.95. The van der Waals surface area contributed by atoms with Gasteiger partial charge in [-0.2, -0.15) is 0 Å². The molecule has 0 amide bonds. The molecule has 0 bridgehead atoms. The summed E-state index contributed by atoms with van der Waals surface area (Å²) in [7, 11) is 0. The topological polar surface area (TPSA) is 25.8 Å². The van der Waals surface area contributed by atoms with Crippen LogP contribution in [0.5, 0.6) is 0 Å². The van der Waals surface area contributed by atoms with Crippen molar-refractivity contribution in [3.63, 3.8) is 0 Å². The van der Waals surface area contributed by atoms with Gasteiger partial charge in [0.05, 0.1) is 17.1 Å². The van der Waals surface area contributed by atoms with E-state index in [4.69, 9.17) is 4.98 Å². The molecule has 0 saturated carbocycles. The molecule has 10 aromatic carbocycles. The van der Waals surface area contributed by atoms with E-state index in [1.165, 1.54) is 87.6 Å². The first kappa shape index (κ1) is 37.3. The summed E-state index contributed by atoms with van der Waals surface area (Å²) < 4.78 is 0. The fourth-order valence-corrected chi connectivity index (χ4v) is 9.89. The van der Waals surface area contributed by atoms with Gasteiger partial charge in [-0.25, -0.2) is 4.98 Å². The normalized spacial score (nSPS) is 11.4. The van der Waals surface area contributed by atoms with E-state index < -0.39 is 0 Å². The lowest BCUT2D eigenvalue weighted by Gasteiger charge is -2.18. The number of rotatable bonds is 7. The lowest BCUT2D eigenvalue weighted by atomic mass is 9.85. The minimum Gasteiger partial charge on any atom is -0.255 e. The highest BCUT2D eigenvalue weighted by molar-refractivity contribution is 6.22. The number of fused-ring (bicyclic) bond motifs is 4. The van der Waals surface area contributed by atoms with Gasteiger partial charge in [-0.15, -0.1) is 0 Å². The first-order valence-corrected chi connectivity index (χ1v) is 21.9. The quantitative estimate of drug-likeness (QED) is 0.150. The summed E-state index contributed by atoms with van der Waals surface area (Å²) in [4.78, 5) is 10.1. The second-order valence-corrected chi connectivity index (χ2v) is 16.4. The summed E-state index contributed by atoms with van der Waals surface area (Å²) in [5.74, 6) is 0. The van der Waals surface area contributed by atoms with Crippen molar-refractivity contribution in [2.75, 3.05) is 0 Å². The second kappa shape index (κ2) is 15.8. The number of aromatic nitrogens is 2. The molecule has 0 aliphatic carbocycles. The van der Waals surface area contributed by atoms with Gasteiger partial charge >= 0.3 is 0 Å². The monoisotopic (exact) mass is 812 g/mol. The molecule has 64 heavy (non-hydrogen) atoms. The van der Waals surface area contributed by atoms with Crippen LogP contribution in [0.25, 0.3) is 121 Å². The van der Waals surface area contributed by atoms with Gasteiger partial charge in [0, 0.05) is 17.3 Å². The average molecular weight is 813 g/mol. The number of nitrogens with zero attached hydrogens (tertiary/aromatic N) is 2. The summed E-state index contributed by atoms with van der Waals surface area (Å²) in [6.07, 6.45) is 1.83. The van der Waals surface area contributed by atoms with Crippen molar-refractivity contribution >= 4 is 43.1 Å². The van der Waals surface area contributed by atoms with Crippen molar-refractivity contribution in [3.8, 4) is 78.3 Å². The number of hydrogen-bond donors (Lipinski definition) is 0. The third-order valence-electron chi connectivity index (χ3n) is 12.7. The Hall–Kier alpha value is -8.46. The highest BCUT2D eigenvalue weighted by Gasteiger charge is 2.20. The molecule has 0 saturated heterocycles. The smallest absolute Gasteiger partial charge is 0.0894 e. The van der Waals surface area contributed by atoms with Gasteiger partial charge in [-0.1, -0.05) is 212 Å². The van der Waals surface area contributed by atoms with Crippen molar-refractivity contribution in [2.45, 2.75) is 0 Å². The molecule has 0 radical (unpaired) electrons. The standard InChI is InChI=1S/C62H40N2/c1-3-17-42(18-4-1)58-48-21-7-11-25-52(48)60(53-26-12-8-22-49(53)58)44-32-30-41(31-33-44)47-38-39-57(56-29-15-16-40-63-56)64-62(47)46-36-34-45(35-37-46)61-54-27-13-9-23-50(54)59(43-19-5-2-6-20-43)51-24-10-14-28-55(51)61/h1-40H. The number of hydrogen-bond acceptors (Lipinski definition) is 2. The number of benzene rings is 10. The van der Waals surface area contributed by atoms with E-state index >= 15 is 0 Å². The van der Waals surface area contributed by atoms with Gasteiger partial charge in [0.1, 0.15) is 0 Å². The van der Waals surface area contributed by atoms with Crippen molar-refractivity contribution in [3.05, 3.63) is 243 Å². The van der Waals surface area contributed by atoms with E-state index in [2.05, 4.69) is 223 Å². The van der Waals surface area contributed by atoms with E-state index in [0.717, 1.165) is 33.8 Å². The molecule has 0 atom stereocenters. The van der Waals surface area contributed by atoms with Crippen LogP contribution in [-0.2, 0) is 0 Å². The fraction of sp³-hybridized carbons (Fsp3) is 0. The van der Waals surface area contributed by atoms with Crippen LogP contribution in [-0.4, -0.2) is 9.97 Å². The van der Waals surface area contributed by atoms with Crippen LogP contribution < -0.4 is 0 Å². The Kier molecular flexibility index (Phi) is 9.20. The molecule has 0 aliphatic rings. The van der Waals surface area contributed by atoms with Crippen molar-refractivity contribution < 1.29 is 0 Å². The Morgan fingerprint density at radius 1 is 0.219 bits per heavy atom. The van der Waals surface area contributed by atoms with Crippen LogP contribution >= 0.6 is 0 Å². The van der Waals surface area contributed by atoms with Gasteiger partial charge in [0.25, 0.3) is 0 Å². The predicted molar refractivity (Wildman–Crippen MR) is 270 cm³/mol. The molecule has 0 aliphatic heterocycles. The van der Waals surface area contributed by atoms with Crippen LogP contribution in [0.4, 0.5) is 0 Å². The van der Waals surface area contributed by atoms with E-state index in [9.17, 15) is 0 Å². The molecule has 12 rings (SSSR count). The maximum atomic E-state index is 5.38. The van der Waals surface area contributed by atoms with Crippen LogP contribution in [0.1, 0.15) is 0 Å². The minimum absolute atomic E-state index is 0.838. The van der Waals surface area contributed by atoms with Gasteiger partial charge < -0.3 is 0 Å². The van der Waals surface area contributed by atoms with Crippen LogP contribution in [0.2, 0.25) is 0 Å². The molecule has 12 aromatic rings. The van der Waals surface area contributed by atoms with Crippen molar-refractivity contribution in [1.82, 2.24) is 9.97 Å².